The van der Waals surface area contributed by atoms with E-state index in [0.717, 1.165) is 88.8 Å². The highest BCUT2D eigenvalue weighted by molar-refractivity contribution is 6.18. The van der Waals surface area contributed by atoms with Crippen LogP contribution in [0, 0.1) is 55.4 Å². The summed E-state index contributed by atoms with van der Waals surface area (Å²) in [5.41, 5.74) is 20.1. The maximum atomic E-state index is 6.66. The molecule has 11 aromatic rings. The molecule has 0 aliphatic rings. The van der Waals surface area contributed by atoms with E-state index < -0.39 is 0 Å². The van der Waals surface area contributed by atoms with Gasteiger partial charge in [-0.3, -0.25) is 0 Å². The fraction of sp³-hybridized carbons (Fsp3) is 0.138. The van der Waals surface area contributed by atoms with E-state index in [1.165, 1.54) is 55.3 Å². The van der Waals surface area contributed by atoms with Crippen LogP contribution in [-0.2, 0) is 0 Å². The lowest BCUT2D eigenvalue weighted by atomic mass is 10.0. The summed E-state index contributed by atoms with van der Waals surface area (Å²) in [6.45, 7) is 17.3. The van der Waals surface area contributed by atoms with E-state index in [2.05, 4.69) is 211 Å². The number of furan rings is 2. The first-order valence-electron chi connectivity index (χ1n) is 21.5. The number of hydrogen-bond donors (Lipinski definition) is 0. The monoisotopic (exact) mass is 804 g/mol. The van der Waals surface area contributed by atoms with Gasteiger partial charge in [0.25, 0.3) is 0 Å². The molecule has 2 aromatic heterocycles. The molecule has 4 heteroatoms. The summed E-state index contributed by atoms with van der Waals surface area (Å²) in [6.07, 6.45) is 0. The van der Waals surface area contributed by atoms with E-state index in [1.807, 2.05) is 0 Å². The van der Waals surface area contributed by atoms with Gasteiger partial charge in [-0.05, 0) is 225 Å². The molecule has 0 unspecified atom stereocenters. The fourth-order valence-electron chi connectivity index (χ4n) is 10.00. The van der Waals surface area contributed by atoms with Gasteiger partial charge in [0, 0.05) is 61.7 Å². The second-order valence-electron chi connectivity index (χ2n) is 17.9. The van der Waals surface area contributed by atoms with Crippen LogP contribution in [0.15, 0.2) is 154 Å². The Morgan fingerprint density at radius 3 is 0.855 bits per heavy atom. The van der Waals surface area contributed by atoms with Crippen molar-refractivity contribution < 1.29 is 8.83 Å². The summed E-state index contributed by atoms with van der Waals surface area (Å²) < 4.78 is 13.3. The number of nitrogens with zero attached hydrogens (tertiary/aromatic N) is 2. The van der Waals surface area contributed by atoms with Crippen molar-refractivity contribution in [3.63, 3.8) is 0 Å². The zero-order valence-electron chi connectivity index (χ0n) is 36.6. The van der Waals surface area contributed by atoms with Crippen LogP contribution in [0.1, 0.15) is 44.5 Å². The van der Waals surface area contributed by atoms with Crippen molar-refractivity contribution in [2.45, 2.75) is 55.4 Å². The van der Waals surface area contributed by atoms with Crippen LogP contribution in [-0.4, -0.2) is 0 Å². The molecule has 0 saturated carbocycles. The third kappa shape index (κ3) is 6.55. The van der Waals surface area contributed by atoms with E-state index >= 15 is 0 Å². The molecule has 0 fully saturated rings. The summed E-state index contributed by atoms with van der Waals surface area (Å²) in [6, 6.07) is 53.9. The molecule has 0 saturated heterocycles. The summed E-state index contributed by atoms with van der Waals surface area (Å²) in [5.74, 6) is 0. The highest BCUT2D eigenvalue weighted by Crippen LogP contribution is 2.43. The average molecular weight is 805 g/mol. The fourth-order valence-corrected chi connectivity index (χ4v) is 10.00. The highest BCUT2D eigenvalue weighted by Gasteiger charge is 2.20. The Morgan fingerprint density at radius 1 is 0.242 bits per heavy atom. The minimum atomic E-state index is 0.818. The zero-order chi connectivity index (χ0) is 42.6. The maximum Gasteiger partial charge on any atom is 0.139 e. The lowest BCUT2D eigenvalue weighted by Gasteiger charge is -2.27. The van der Waals surface area contributed by atoms with Crippen LogP contribution in [0.5, 0.6) is 0 Å². The highest BCUT2D eigenvalue weighted by atomic mass is 16.3. The van der Waals surface area contributed by atoms with Crippen molar-refractivity contribution in [1.82, 2.24) is 0 Å². The van der Waals surface area contributed by atoms with Gasteiger partial charge in [0.1, 0.15) is 22.3 Å². The predicted molar refractivity (Wildman–Crippen MR) is 263 cm³/mol. The molecule has 0 aliphatic heterocycles. The van der Waals surface area contributed by atoms with Gasteiger partial charge in [-0.1, -0.05) is 36.4 Å². The molecule has 0 bridgehead atoms. The zero-order valence-corrected chi connectivity index (χ0v) is 36.6. The topological polar surface area (TPSA) is 32.8 Å². The first-order chi connectivity index (χ1) is 29.9. The molecule has 0 atom stereocenters. The molecule has 2 heterocycles. The van der Waals surface area contributed by atoms with Crippen LogP contribution in [0.2, 0.25) is 0 Å². The molecular formula is C58H48N2O2. The first-order valence-corrected chi connectivity index (χ1v) is 21.5. The minimum Gasteiger partial charge on any atom is -0.456 e. The molecule has 0 aliphatic carbocycles. The van der Waals surface area contributed by atoms with Crippen molar-refractivity contribution in [3.05, 3.63) is 190 Å². The van der Waals surface area contributed by atoms with E-state index in [1.54, 1.807) is 0 Å². The number of benzene rings is 9. The quantitative estimate of drug-likeness (QED) is 0.168. The Bertz CT molecular complexity index is 3220. The van der Waals surface area contributed by atoms with Crippen LogP contribution in [0.3, 0.4) is 0 Å². The van der Waals surface area contributed by atoms with Crippen molar-refractivity contribution in [3.8, 4) is 0 Å². The Labute approximate surface area is 362 Å². The molecule has 302 valence electrons. The Morgan fingerprint density at radius 2 is 0.532 bits per heavy atom. The number of hydrogen-bond acceptors (Lipinski definition) is 4. The molecule has 62 heavy (non-hydrogen) atoms. The average Bonchev–Trinajstić information content (AvgIpc) is 3.72. The van der Waals surface area contributed by atoms with Crippen molar-refractivity contribution in [2.24, 2.45) is 0 Å². The first kappa shape index (κ1) is 37.7. The summed E-state index contributed by atoms with van der Waals surface area (Å²) in [7, 11) is 0. The maximum absolute atomic E-state index is 6.66. The summed E-state index contributed by atoms with van der Waals surface area (Å²) in [4.78, 5) is 4.75. The van der Waals surface area contributed by atoms with Gasteiger partial charge in [0.2, 0.25) is 0 Å². The second kappa shape index (κ2) is 14.1. The molecule has 11 rings (SSSR count). The Balaban J connectivity index is 1.01. The summed E-state index contributed by atoms with van der Waals surface area (Å²) in [5, 5.41) is 8.95. The molecule has 0 radical (unpaired) electrons. The Hall–Kier alpha value is -7.30. The summed E-state index contributed by atoms with van der Waals surface area (Å²) >= 11 is 0. The molecular weight excluding hydrogens is 757 g/mol. The lowest BCUT2D eigenvalue weighted by Crippen LogP contribution is -2.11. The number of fused-ring (bicyclic) bond motifs is 8. The van der Waals surface area contributed by atoms with Gasteiger partial charge < -0.3 is 18.6 Å². The smallest absolute Gasteiger partial charge is 0.139 e. The van der Waals surface area contributed by atoms with E-state index in [-0.39, 0.29) is 0 Å². The Kier molecular flexibility index (Phi) is 8.59. The third-order valence-corrected chi connectivity index (χ3v) is 12.3. The van der Waals surface area contributed by atoms with Crippen molar-refractivity contribution >= 4 is 99.5 Å². The largest absolute Gasteiger partial charge is 0.456 e. The number of rotatable bonds is 6. The van der Waals surface area contributed by atoms with Gasteiger partial charge in [-0.2, -0.15) is 0 Å². The van der Waals surface area contributed by atoms with Gasteiger partial charge in [0.15, 0.2) is 0 Å². The van der Waals surface area contributed by atoms with Crippen molar-refractivity contribution in [1.29, 1.82) is 0 Å². The van der Waals surface area contributed by atoms with Gasteiger partial charge in [0.05, 0.1) is 0 Å². The van der Waals surface area contributed by atoms with Gasteiger partial charge in [-0.25, -0.2) is 0 Å². The number of anilines is 6. The third-order valence-electron chi connectivity index (χ3n) is 12.3. The molecule has 9 aromatic carbocycles. The molecule has 0 spiro atoms. The second-order valence-corrected chi connectivity index (χ2v) is 17.9. The van der Waals surface area contributed by atoms with Crippen molar-refractivity contribution in [2.75, 3.05) is 9.80 Å². The molecule has 0 N–H and O–H groups in total. The van der Waals surface area contributed by atoms with E-state index in [0.29, 0.717) is 0 Å². The van der Waals surface area contributed by atoms with E-state index in [9.17, 15) is 0 Å². The lowest BCUT2D eigenvalue weighted by molar-refractivity contribution is 0.656. The van der Waals surface area contributed by atoms with Crippen LogP contribution in [0.4, 0.5) is 34.1 Å². The normalized spacial score (nSPS) is 11.9. The minimum absolute atomic E-state index is 0.818. The molecule has 4 nitrogen and oxygen atoms in total. The van der Waals surface area contributed by atoms with E-state index in [4.69, 9.17) is 8.83 Å². The SMILES string of the molecule is Cc1cc(C)cc(N(c2cc(C)cc(C)c2)c2ccc3cc4c(cc3c2)oc2cc3oc5cc6cc(N(c7cc(C)cc(C)c7)c7cc(C)cc(C)c7)ccc6cc5c3cc24)c1. The van der Waals surface area contributed by atoms with Gasteiger partial charge >= 0.3 is 0 Å². The van der Waals surface area contributed by atoms with Crippen LogP contribution < -0.4 is 9.80 Å². The van der Waals surface area contributed by atoms with Crippen LogP contribution in [0.25, 0.3) is 65.4 Å². The van der Waals surface area contributed by atoms with Crippen LogP contribution >= 0.6 is 0 Å². The standard InChI is InChI=1S/C58H48N2O2/c1-33-13-34(2)18-47(17-33)59(48-19-35(3)14-36(4)20-48)45-11-9-41-27-51-53-31-54-52-28-42-10-12-46(60(49-21-37(5)15-38(6)22-49)50-23-39(7)16-40(8)24-50)26-44(42)30-56(52)62-58(54)32-57(53)61-55(51)29-43(41)25-45/h9-32H,1-8H3. The predicted octanol–water partition coefficient (Wildman–Crippen LogP) is 17.2. The van der Waals surface area contributed by atoms with Gasteiger partial charge in [-0.15, -0.1) is 0 Å². The molecule has 0 amide bonds. The number of aryl methyl sites for hydroxylation is 8.